The monoisotopic (exact) mass is 291 g/mol. The Hall–Kier alpha value is -2.76. The lowest BCUT2D eigenvalue weighted by atomic mass is 10.1. The summed E-state index contributed by atoms with van der Waals surface area (Å²) in [5, 5.41) is 10.9. The van der Waals surface area contributed by atoms with Gasteiger partial charge in [-0.1, -0.05) is 18.2 Å². The van der Waals surface area contributed by atoms with Crippen LogP contribution < -0.4 is 5.11 Å². The fourth-order valence-electron chi connectivity index (χ4n) is 1.70. The van der Waals surface area contributed by atoms with Crippen molar-refractivity contribution >= 4 is 11.9 Å². The SMILES string of the molecule is O=C([O-])c1ccccc1C(=O)OCc1ccc(F)cc1F. The van der Waals surface area contributed by atoms with Crippen molar-refractivity contribution in [3.05, 3.63) is 70.8 Å². The number of benzene rings is 2. The number of carboxylic acid groups (broad SMARTS) is 1. The predicted octanol–water partition coefficient (Wildman–Crippen LogP) is 1.69. The summed E-state index contributed by atoms with van der Waals surface area (Å²) in [4.78, 5) is 22.7. The van der Waals surface area contributed by atoms with Gasteiger partial charge in [0.25, 0.3) is 0 Å². The van der Waals surface area contributed by atoms with Gasteiger partial charge in [0.15, 0.2) is 0 Å². The van der Waals surface area contributed by atoms with Crippen molar-refractivity contribution in [3.63, 3.8) is 0 Å². The Balaban J connectivity index is 2.14. The number of esters is 1. The molecule has 0 aliphatic carbocycles. The predicted molar refractivity (Wildman–Crippen MR) is 66.3 cm³/mol. The molecular formula is C15H9F2O4-. The first kappa shape index (κ1) is 14.6. The van der Waals surface area contributed by atoms with Gasteiger partial charge >= 0.3 is 5.97 Å². The molecule has 2 aromatic carbocycles. The van der Waals surface area contributed by atoms with Crippen LogP contribution in [-0.2, 0) is 11.3 Å². The number of halogens is 2. The first-order valence-corrected chi connectivity index (χ1v) is 5.90. The van der Waals surface area contributed by atoms with E-state index in [-0.39, 0.29) is 16.7 Å². The maximum Gasteiger partial charge on any atom is 0.339 e. The topological polar surface area (TPSA) is 66.4 Å². The Morgan fingerprint density at radius 2 is 1.71 bits per heavy atom. The van der Waals surface area contributed by atoms with Crippen LogP contribution in [0.2, 0.25) is 0 Å². The summed E-state index contributed by atoms with van der Waals surface area (Å²) < 4.78 is 30.9. The van der Waals surface area contributed by atoms with E-state index in [1.54, 1.807) is 0 Å². The minimum absolute atomic E-state index is 0.0179. The average Bonchev–Trinajstić information content (AvgIpc) is 2.46. The molecule has 0 saturated carbocycles. The number of hydrogen-bond acceptors (Lipinski definition) is 4. The summed E-state index contributed by atoms with van der Waals surface area (Å²) in [5.41, 5.74) is -0.530. The Kier molecular flexibility index (Phi) is 4.27. The lowest BCUT2D eigenvalue weighted by molar-refractivity contribution is -0.255. The fraction of sp³-hybridized carbons (Fsp3) is 0.0667. The zero-order valence-electron chi connectivity index (χ0n) is 10.6. The Labute approximate surface area is 118 Å². The van der Waals surface area contributed by atoms with Crippen LogP contribution in [-0.4, -0.2) is 11.9 Å². The largest absolute Gasteiger partial charge is 0.545 e. The maximum atomic E-state index is 13.4. The molecule has 2 aromatic rings. The number of carboxylic acids is 1. The van der Waals surface area contributed by atoms with Crippen LogP contribution in [0.4, 0.5) is 8.78 Å². The van der Waals surface area contributed by atoms with Crippen molar-refractivity contribution in [1.82, 2.24) is 0 Å². The van der Waals surface area contributed by atoms with Crippen molar-refractivity contribution in [2.75, 3.05) is 0 Å². The van der Waals surface area contributed by atoms with Gasteiger partial charge in [0.2, 0.25) is 0 Å². The summed E-state index contributed by atoms with van der Waals surface area (Å²) in [6.07, 6.45) is 0. The molecule has 0 saturated heterocycles. The van der Waals surface area contributed by atoms with Crippen molar-refractivity contribution in [2.24, 2.45) is 0 Å². The van der Waals surface area contributed by atoms with Gasteiger partial charge in [-0.05, 0) is 18.2 Å². The maximum absolute atomic E-state index is 13.4. The van der Waals surface area contributed by atoms with E-state index >= 15 is 0 Å². The Bertz CT molecular complexity index is 698. The summed E-state index contributed by atoms with van der Waals surface area (Å²) in [6.45, 7) is -0.438. The van der Waals surface area contributed by atoms with E-state index in [1.165, 1.54) is 24.3 Å². The third-order valence-electron chi connectivity index (χ3n) is 2.74. The van der Waals surface area contributed by atoms with Crippen molar-refractivity contribution in [2.45, 2.75) is 6.61 Å². The summed E-state index contributed by atoms with van der Waals surface area (Å²) >= 11 is 0. The molecule has 0 fully saturated rings. The number of ether oxygens (including phenoxy) is 1. The van der Waals surface area contributed by atoms with Gasteiger partial charge in [-0.25, -0.2) is 13.6 Å². The van der Waals surface area contributed by atoms with Crippen LogP contribution in [0.3, 0.4) is 0 Å². The Morgan fingerprint density at radius 1 is 1.05 bits per heavy atom. The first-order chi connectivity index (χ1) is 9.99. The summed E-state index contributed by atoms with van der Waals surface area (Å²) in [6, 6.07) is 8.18. The van der Waals surface area contributed by atoms with E-state index in [0.29, 0.717) is 6.07 Å². The highest BCUT2D eigenvalue weighted by Crippen LogP contribution is 2.14. The van der Waals surface area contributed by atoms with Gasteiger partial charge in [0.1, 0.15) is 18.2 Å². The summed E-state index contributed by atoms with van der Waals surface area (Å²) in [7, 11) is 0. The molecule has 0 aromatic heterocycles. The van der Waals surface area contributed by atoms with Crippen molar-refractivity contribution in [1.29, 1.82) is 0 Å². The van der Waals surface area contributed by atoms with Crippen LogP contribution in [0.15, 0.2) is 42.5 Å². The highest BCUT2D eigenvalue weighted by atomic mass is 19.1. The number of aromatic carboxylic acids is 1. The molecule has 0 atom stereocenters. The molecule has 21 heavy (non-hydrogen) atoms. The smallest absolute Gasteiger partial charge is 0.339 e. The standard InChI is InChI=1S/C15H10F2O4/c16-10-6-5-9(13(17)7-10)8-21-15(20)12-4-2-1-3-11(12)14(18)19/h1-7H,8H2,(H,18,19)/p-1. The quantitative estimate of drug-likeness (QED) is 0.804. The van der Waals surface area contributed by atoms with Crippen LogP contribution in [0.25, 0.3) is 0 Å². The number of carbonyl (C=O) groups is 2. The van der Waals surface area contributed by atoms with E-state index in [4.69, 9.17) is 4.74 Å². The van der Waals surface area contributed by atoms with E-state index < -0.39 is 30.2 Å². The molecule has 0 bridgehead atoms. The van der Waals surface area contributed by atoms with Gasteiger partial charge in [-0.2, -0.15) is 0 Å². The van der Waals surface area contributed by atoms with Crippen molar-refractivity contribution < 1.29 is 28.2 Å². The molecule has 108 valence electrons. The normalized spacial score (nSPS) is 10.2. The van der Waals surface area contributed by atoms with E-state index in [2.05, 4.69) is 0 Å². The molecule has 0 unspecified atom stereocenters. The van der Waals surface area contributed by atoms with Gasteiger partial charge in [-0.15, -0.1) is 0 Å². The molecule has 0 aliphatic heterocycles. The lowest BCUT2D eigenvalue weighted by Gasteiger charge is -2.10. The minimum Gasteiger partial charge on any atom is -0.545 e. The molecule has 0 heterocycles. The molecular weight excluding hydrogens is 282 g/mol. The second kappa shape index (κ2) is 6.13. The molecule has 0 spiro atoms. The van der Waals surface area contributed by atoms with Gasteiger partial charge in [0.05, 0.1) is 11.5 Å². The molecule has 0 radical (unpaired) electrons. The number of hydrogen-bond donors (Lipinski definition) is 0. The second-order valence-electron chi connectivity index (χ2n) is 4.14. The molecule has 0 N–H and O–H groups in total. The highest BCUT2D eigenvalue weighted by Gasteiger charge is 2.14. The number of carbonyl (C=O) groups excluding carboxylic acids is 2. The lowest BCUT2D eigenvalue weighted by Crippen LogP contribution is -2.25. The van der Waals surface area contributed by atoms with Gasteiger partial charge in [-0.3, -0.25) is 0 Å². The zero-order valence-corrected chi connectivity index (χ0v) is 10.6. The first-order valence-electron chi connectivity index (χ1n) is 5.90. The molecule has 6 heteroatoms. The van der Waals surface area contributed by atoms with E-state index in [0.717, 1.165) is 12.1 Å². The second-order valence-corrected chi connectivity index (χ2v) is 4.14. The van der Waals surface area contributed by atoms with Crippen LogP contribution >= 0.6 is 0 Å². The molecule has 4 nitrogen and oxygen atoms in total. The molecule has 0 aliphatic rings. The zero-order chi connectivity index (χ0) is 15.4. The van der Waals surface area contributed by atoms with E-state index in [9.17, 15) is 23.5 Å². The van der Waals surface area contributed by atoms with Gasteiger partial charge in [0, 0.05) is 17.2 Å². The third-order valence-corrected chi connectivity index (χ3v) is 2.74. The van der Waals surface area contributed by atoms with Gasteiger partial charge < -0.3 is 14.6 Å². The number of rotatable bonds is 4. The summed E-state index contributed by atoms with van der Waals surface area (Å²) in [5.74, 6) is -4.05. The van der Waals surface area contributed by atoms with Crippen LogP contribution in [0, 0.1) is 11.6 Å². The average molecular weight is 291 g/mol. The Morgan fingerprint density at radius 3 is 2.33 bits per heavy atom. The minimum atomic E-state index is -1.52. The fourth-order valence-corrected chi connectivity index (χ4v) is 1.70. The van der Waals surface area contributed by atoms with E-state index in [1.807, 2.05) is 0 Å². The van der Waals surface area contributed by atoms with Crippen LogP contribution in [0.5, 0.6) is 0 Å². The molecule has 2 rings (SSSR count). The van der Waals surface area contributed by atoms with Crippen molar-refractivity contribution in [3.8, 4) is 0 Å². The molecule has 0 amide bonds. The third kappa shape index (κ3) is 3.42. The highest BCUT2D eigenvalue weighted by molar-refractivity contribution is 6.01. The van der Waals surface area contributed by atoms with Crippen LogP contribution in [0.1, 0.15) is 26.3 Å².